The zero-order chi connectivity index (χ0) is 17.2. The zero-order valence-corrected chi connectivity index (χ0v) is 15.4. The quantitative estimate of drug-likeness (QED) is 0.680. The van der Waals surface area contributed by atoms with Gasteiger partial charge in [0, 0.05) is 5.75 Å². The van der Waals surface area contributed by atoms with E-state index in [1.54, 1.807) is 0 Å². The number of hydrogen-bond donors (Lipinski definition) is 1. The van der Waals surface area contributed by atoms with Gasteiger partial charge in [0.1, 0.15) is 0 Å². The summed E-state index contributed by atoms with van der Waals surface area (Å²) in [5.74, 6) is 0.938. The Bertz CT molecular complexity index is 918. The molecule has 0 unspecified atom stereocenters. The third kappa shape index (κ3) is 3.29. The van der Waals surface area contributed by atoms with Crippen LogP contribution in [0, 0.1) is 6.92 Å². The minimum Gasteiger partial charge on any atom is -0.360 e. The van der Waals surface area contributed by atoms with Crippen molar-refractivity contribution in [2.24, 2.45) is 4.99 Å². The Balaban J connectivity index is 1.55. The van der Waals surface area contributed by atoms with E-state index in [9.17, 15) is 0 Å². The van der Waals surface area contributed by atoms with Crippen molar-refractivity contribution < 1.29 is 0 Å². The van der Waals surface area contributed by atoms with Crippen molar-refractivity contribution in [3.63, 3.8) is 0 Å². The lowest BCUT2D eigenvalue weighted by molar-refractivity contribution is 0.589. The van der Waals surface area contributed by atoms with Gasteiger partial charge in [0.2, 0.25) is 0 Å². The van der Waals surface area contributed by atoms with Crippen LogP contribution in [0.2, 0.25) is 0 Å². The molecule has 0 aliphatic carbocycles. The van der Waals surface area contributed by atoms with Gasteiger partial charge in [-0.2, -0.15) is 0 Å². The normalized spacial score (nSPS) is 19.7. The lowest BCUT2D eigenvalue weighted by Gasteiger charge is -2.13. The van der Waals surface area contributed by atoms with Crippen LogP contribution in [0.1, 0.15) is 29.7 Å². The van der Waals surface area contributed by atoms with Crippen LogP contribution in [-0.4, -0.2) is 11.2 Å². The number of aliphatic imine (C=N–C) groups is 1. The monoisotopic (exact) mass is 346 g/mol. The lowest BCUT2D eigenvalue weighted by Crippen LogP contribution is -2.27. The number of nitrogens with one attached hydrogen (secondary N) is 1. The van der Waals surface area contributed by atoms with Crippen molar-refractivity contribution in [1.82, 2.24) is 5.32 Å². The van der Waals surface area contributed by atoms with Gasteiger partial charge in [-0.3, -0.25) is 4.99 Å². The van der Waals surface area contributed by atoms with Gasteiger partial charge in [-0.05, 0) is 41.3 Å². The van der Waals surface area contributed by atoms with Gasteiger partial charge in [0.05, 0.1) is 12.1 Å². The summed E-state index contributed by atoms with van der Waals surface area (Å²) in [7, 11) is 0. The van der Waals surface area contributed by atoms with E-state index in [1.165, 1.54) is 27.5 Å². The van der Waals surface area contributed by atoms with Crippen LogP contribution in [-0.2, 0) is 5.75 Å². The highest BCUT2D eigenvalue weighted by Gasteiger charge is 2.26. The Kier molecular flexibility index (Phi) is 4.50. The second-order valence-corrected chi connectivity index (χ2v) is 7.56. The van der Waals surface area contributed by atoms with Gasteiger partial charge in [-0.1, -0.05) is 78.5 Å². The van der Waals surface area contributed by atoms with E-state index in [2.05, 4.69) is 85.9 Å². The molecule has 0 aromatic heterocycles. The minimum absolute atomic E-state index is 0.206. The summed E-state index contributed by atoms with van der Waals surface area (Å²) < 4.78 is 0. The lowest BCUT2D eigenvalue weighted by atomic mass is 10.0. The van der Waals surface area contributed by atoms with Gasteiger partial charge >= 0.3 is 0 Å². The Morgan fingerprint density at radius 2 is 1.72 bits per heavy atom. The molecule has 4 rings (SSSR count). The molecule has 0 saturated carbocycles. The molecule has 3 aromatic carbocycles. The number of aryl methyl sites for hydroxylation is 1. The number of benzene rings is 3. The first kappa shape index (κ1) is 16.2. The highest BCUT2D eigenvalue weighted by Crippen LogP contribution is 2.31. The molecular formula is C22H22N2S. The summed E-state index contributed by atoms with van der Waals surface area (Å²) in [5.41, 5.74) is 4.03. The van der Waals surface area contributed by atoms with E-state index in [0.717, 1.165) is 10.9 Å². The Morgan fingerprint density at radius 3 is 2.56 bits per heavy atom. The van der Waals surface area contributed by atoms with E-state index in [-0.39, 0.29) is 6.04 Å². The molecule has 1 aliphatic rings. The number of rotatable bonds is 3. The predicted octanol–water partition coefficient (Wildman–Crippen LogP) is 5.47. The number of nitrogens with zero attached hydrogens (tertiary/aromatic N) is 1. The van der Waals surface area contributed by atoms with E-state index in [1.807, 2.05) is 11.8 Å². The first-order chi connectivity index (χ1) is 12.2. The molecule has 0 bridgehead atoms. The van der Waals surface area contributed by atoms with Crippen molar-refractivity contribution >= 4 is 27.7 Å². The average Bonchev–Trinajstić information content (AvgIpc) is 3.02. The maximum atomic E-state index is 4.93. The SMILES string of the molecule is Cc1ccc2ccccc2c1CSC1=N[C@H](c2ccccc2)[C@H](C)N1. The second kappa shape index (κ2) is 6.93. The molecule has 0 fully saturated rings. The van der Waals surface area contributed by atoms with Gasteiger partial charge in [0.25, 0.3) is 0 Å². The zero-order valence-electron chi connectivity index (χ0n) is 14.6. The van der Waals surface area contributed by atoms with Crippen LogP contribution < -0.4 is 5.32 Å². The Hall–Kier alpha value is -2.26. The predicted molar refractivity (Wildman–Crippen MR) is 109 cm³/mol. The molecule has 2 atom stereocenters. The summed E-state index contributed by atoms with van der Waals surface area (Å²) in [5, 5.41) is 7.26. The fourth-order valence-electron chi connectivity index (χ4n) is 3.42. The molecule has 0 radical (unpaired) electrons. The molecule has 3 heteroatoms. The third-order valence-electron chi connectivity index (χ3n) is 4.85. The average molecular weight is 346 g/mol. The molecule has 1 heterocycles. The molecule has 0 saturated heterocycles. The first-order valence-electron chi connectivity index (χ1n) is 8.71. The van der Waals surface area contributed by atoms with Crippen LogP contribution in [0.25, 0.3) is 10.8 Å². The molecule has 3 aromatic rings. The summed E-state index contributed by atoms with van der Waals surface area (Å²) in [6.45, 7) is 4.40. The van der Waals surface area contributed by atoms with Crippen molar-refractivity contribution in [3.8, 4) is 0 Å². The van der Waals surface area contributed by atoms with Crippen LogP contribution in [0.15, 0.2) is 71.7 Å². The molecule has 25 heavy (non-hydrogen) atoms. The van der Waals surface area contributed by atoms with E-state index in [4.69, 9.17) is 4.99 Å². The maximum absolute atomic E-state index is 4.93. The number of fused-ring (bicyclic) bond motifs is 1. The van der Waals surface area contributed by atoms with Crippen LogP contribution in [0.5, 0.6) is 0 Å². The highest BCUT2D eigenvalue weighted by molar-refractivity contribution is 8.13. The van der Waals surface area contributed by atoms with E-state index in [0.29, 0.717) is 6.04 Å². The van der Waals surface area contributed by atoms with Crippen molar-refractivity contribution in [2.45, 2.75) is 31.7 Å². The summed E-state index contributed by atoms with van der Waals surface area (Å²) in [4.78, 5) is 4.93. The van der Waals surface area contributed by atoms with Crippen LogP contribution in [0.3, 0.4) is 0 Å². The summed E-state index contributed by atoms with van der Waals surface area (Å²) in [6, 6.07) is 24.1. The largest absolute Gasteiger partial charge is 0.360 e. The van der Waals surface area contributed by atoms with Crippen molar-refractivity contribution in [2.75, 3.05) is 0 Å². The van der Waals surface area contributed by atoms with Gasteiger partial charge < -0.3 is 5.32 Å². The first-order valence-corrected chi connectivity index (χ1v) is 9.70. The van der Waals surface area contributed by atoms with Crippen LogP contribution >= 0.6 is 11.8 Å². The molecule has 0 amide bonds. The highest BCUT2D eigenvalue weighted by atomic mass is 32.2. The van der Waals surface area contributed by atoms with Crippen molar-refractivity contribution in [3.05, 3.63) is 83.4 Å². The second-order valence-electron chi connectivity index (χ2n) is 6.59. The van der Waals surface area contributed by atoms with Crippen molar-refractivity contribution in [1.29, 1.82) is 0 Å². The molecular weight excluding hydrogens is 324 g/mol. The summed E-state index contributed by atoms with van der Waals surface area (Å²) in [6.07, 6.45) is 0. The van der Waals surface area contributed by atoms with E-state index < -0.39 is 0 Å². The Labute approximate surface area is 153 Å². The molecule has 2 nitrogen and oxygen atoms in total. The van der Waals surface area contributed by atoms with Gasteiger partial charge in [0.15, 0.2) is 5.17 Å². The fourth-order valence-corrected chi connectivity index (χ4v) is 4.54. The molecule has 0 spiro atoms. The van der Waals surface area contributed by atoms with Gasteiger partial charge in [-0.25, -0.2) is 0 Å². The minimum atomic E-state index is 0.206. The smallest absolute Gasteiger partial charge is 0.157 e. The summed E-state index contributed by atoms with van der Waals surface area (Å²) >= 11 is 1.81. The molecule has 1 N–H and O–H groups in total. The topological polar surface area (TPSA) is 24.4 Å². The third-order valence-corrected chi connectivity index (χ3v) is 5.78. The number of hydrogen-bond acceptors (Lipinski definition) is 3. The van der Waals surface area contributed by atoms with Gasteiger partial charge in [-0.15, -0.1) is 0 Å². The number of thioether (sulfide) groups is 1. The standard InChI is InChI=1S/C22H22N2S/c1-15-12-13-17-8-6-7-11-19(17)20(15)14-25-22-23-16(2)21(24-22)18-9-4-3-5-10-18/h3-13,16,21H,14H2,1-2H3,(H,23,24)/t16-,21-/m0/s1. The fraction of sp³-hybridized carbons (Fsp3) is 0.227. The molecule has 126 valence electrons. The Morgan fingerprint density at radius 1 is 0.960 bits per heavy atom. The van der Waals surface area contributed by atoms with E-state index >= 15 is 0 Å². The van der Waals surface area contributed by atoms with Crippen LogP contribution in [0.4, 0.5) is 0 Å². The number of amidine groups is 1. The maximum Gasteiger partial charge on any atom is 0.157 e. The molecule has 1 aliphatic heterocycles.